The molecule has 0 aliphatic carbocycles. The van der Waals surface area contributed by atoms with Crippen LogP contribution < -0.4 is 10.1 Å². The number of carbonyl (C=O) groups is 1. The number of nitrogens with one attached hydrogen (secondary N) is 1. The number of amides is 1. The molecular formula is C21H27NO4S. The van der Waals surface area contributed by atoms with Gasteiger partial charge in [-0.25, -0.2) is 8.42 Å². The van der Waals surface area contributed by atoms with E-state index in [-0.39, 0.29) is 16.8 Å². The molecule has 0 saturated heterocycles. The van der Waals surface area contributed by atoms with Crippen LogP contribution in [0.5, 0.6) is 5.75 Å². The zero-order valence-corrected chi connectivity index (χ0v) is 17.0. The molecule has 2 aromatic rings. The predicted molar refractivity (Wildman–Crippen MR) is 107 cm³/mol. The predicted octanol–water partition coefficient (Wildman–Crippen LogP) is 3.82. The van der Waals surface area contributed by atoms with Crippen molar-refractivity contribution < 1.29 is 17.9 Å². The van der Waals surface area contributed by atoms with Crippen LogP contribution in [0.15, 0.2) is 53.4 Å². The lowest BCUT2D eigenvalue weighted by Crippen LogP contribution is -2.39. The van der Waals surface area contributed by atoms with Crippen LogP contribution in [-0.4, -0.2) is 26.7 Å². The van der Waals surface area contributed by atoms with Gasteiger partial charge in [-0.15, -0.1) is 0 Å². The van der Waals surface area contributed by atoms with Crippen molar-refractivity contribution >= 4 is 15.7 Å². The average molecular weight is 390 g/mol. The van der Waals surface area contributed by atoms with Gasteiger partial charge in [0.15, 0.2) is 15.9 Å². The highest BCUT2D eigenvalue weighted by Gasteiger charge is 2.22. The van der Waals surface area contributed by atoms with Crippen LogP contribution in [0.2, 0.25) is 0 Å². The normalized spacial score (nSPS) is 13.6. The molecule has 27 heavy (non-hydrogen) atoms. The summed E-state index contributed by atoms with van der Waals surface area (Å²) in [5, 5.41) is 3.01. The summed E-state index contributed by atoms with van der Waals surface area (Å²) in [7, 11) is -3.24. The van der Waals surface area contributed by atoms with Crippen LogP contribution >= 0.6 is 0 Å². The van der Waals surface area contributed by atoms with E-state index in [4.69, 9.17) is 4.74 Å². The molecule has 1 amide bonds. The van der Waals surface area contributed by atoms with Gasteiger partial charge in [-0.3, -0.25) is 4.79 Å². The third-order valence-electron chi connectivity index (χ3n) is 4.40. The SMILES string of the molecule is CC[C@H](NC(=O)[C@@H](CC)Oc1ccc(C)cc1)c1ccc(S(C)(=O)=O)cc1. The van der Waals surface area contributed by atoms with Gasteiger partial charge in [-0.05, 0) is 49.6 Å². The van der Waals surface area contributed by atoms with Crippen LogP contribution in [0.1, 0.15) is 43.9 Å². The van der Waals surface area contributed by atoms with Crippen molar-refractivity contribution in [3.05, 3.63) is 59.7 Å². The van der Waals surface area contributed by atoms with Crippen molar-refractivity contribution in [2.24, 2.45) is 0 Å². The molecule has 0 aliphatic heterocycles. The Morgan fingerprint density at radius 1 is 1.00 bits per heavy atom. The van der Waals surface area contributed by atoms with Gasteiger partial charge in [-0.1, -0.05) is 43.7 Å². The van der Waals surface area contributed by atoms with Crippen LogP contribution in [0.25, 0.3) is 0 Å². The van der Waals surface area contributed by atoms with E-state index < -0.39 is 15.9 Å². The van der Waals surface area contributed by atoms with E-state index >= 15 is 0 Å². The molecule has 1 N–H and O–H groups in total. The molecule has 2 aromatic carbocycles. The molecule has 2 atom stereocenters. The topological polar surface area (TPSA) is 72.5 Å². The number of sulfone groups is 1. The number of ether oxygens (including phenoxy) is 1. The minimum absolute atomic E-state index is 0.183. The standard InChI is InChI=1S/C21H27NO4S/c1-5-19(16-9-13-18(14-10-16)27(4,24)25)22-21(23)20(6-2)26-17-11-7-15(3)8-12-17/h7-14,19-20H,5-6H2,1-4H3,(H,22,23)/t19-,20+/m0/s1. The van der Waals surface area contributed by atoms with Crippen molar-refractivity contribution in [3.8, 4) is 5.75 Å². The van der Waals surface area contributed by atoms with Crippen molar-refractivity contribution in [1.29, 1.82) is 0 Å². The molecule has 0 heterocycles. The second kappa shape index (κ2) is 9.04. The third-order valence-corrected chi connectivity index (χ3v) is 5.53. The van der Waals surface area contributed by atoms with E-state index in [1.807, 2.05) is 45.0 Å². The maximum absolute atomic E-state index is 12.7. The van der Waals surface area contributed by atoms with Crippen molar-refractivity contribution in [2.75, 3.05) is 6.26 Å². The van der Waals surface area contributed by atoms with Crippen LogP contribution in [0.3, 0.4) is 0 Å². The molecule has 0 spiro atoms. The Balaban J connectivity index is 2.09. The zero-order valence-electron chi connectivity index (χ0n) is 16.2. The van der Waals surface area contributed by atoms with Crippen molar-refractivity contribution in [2.45, 2.75) is 50.7 Å². The number of hydrogen-bond donors (Lipinski definition) is 1. The monoisotopic (exact) mass is 389 g/mol. The van der Waals surface area contributed by atoms with Crippen LogP contribution in [0, 0.1) is 6.92 Å². The Bertz CT molecular complexity index is 858. The second-order valence-electron chi connectivity index (χ2n) is 6.64. The smallest absolute Gasteiger partial charge is 0.261 e. The molecule has 0 aliphatic rings. The lowest BCUT2D eigenvalue weighted by atomic mass is 10.0. The molecule has 146 valence electrons. The van der Waals surface area contributed by atoms with E-state index in [1.54, 1.807) is 24.3 Å². The lowest BCUT2D eigenvalue weighted by molar-refractivity contribution is -0.128. The Kier molecular flexibility index (Phi) is 7.02. The van der Waals surface area contributed by atoms with Crippen LogP contribution in [0.4, 0.5) is 0 Å². The summed E-state index contributed by atoms with van der Waals surface area (Å²) in [5.74, 6) is 0.477. The summed E-state index contributed by atoms with van der Waals surface area (Å²) >= 11 is 0. The van der Waals surface area contributed by atoms with Gasteiger partial charge >= 0.3 is 0 Å². The van der Waals surface area contributed by atoms with Crippen molar-refractivity contribution in [1.82, 2.24) is 5.32 Å². The highest BCUT2D eigenvalue weighted by molar-refractivity contribution is 7.90. The Morgan fingerprint density at radius 3 is 2.07 bits per heavy atom. The number of benzene rings is 2. The highest BCUT2D eigenvalue weighted by Crippen LogP contribution is 2.20. The fourth-order valence-corrected chi connectivity index (χ4v) is 3.37. The minimum Gasteiger partial charge on any atom is -0.481 e. The van der Waals surface area contributed by atoms with E-state index in [1.165, 1.54) is 6.26 Å². The summed E-state index contributed by atoms with van der Waals surface area (Å²) in [6.45, 7) is 5.87. The number of carbonyl (C=O) groups excluding carboxylic acids is 1. The van der Waals surface area contributed by atoms with E-state index in [9.17, 15) is 13.2 Å². The molecule has 0 fully saturated rings. The third kappa shape index (κ3) is 5.82. The molecule has 6 heteroatoms. The van der Waals surface area contributed by atoms with Gasteiger partial charge in [0.1, 0.15) is 5.75 Å². The first-order chi connectivity index (χ1) is 12.7. The molecule has 2 rings (SSSR count). The van der Waals surface area contributed by atoms with Gasteiger partial charge in [0.05, 0.1) is 10.9 Å². The van der Waals surface area contributed by atoms with Crippen molar-refractivity contribution in [3.63, 3.8) is 0 Å². The number of aryl methyl sites for hydroxylation is 1. The van der Waals surface area contributed by atoms with E-state index in [0.717, 1.165) is 11.1 Å². The Labute approximate surface area is 161 Å². The molecule has 0 bridgehead atoms. The minimum atomic E-state index is -3.24. The van der Waals surface area contributed by atoms with Gasteiger partial charge < -0.3 is 10.1 Å². The first kappa shape index (κ1) is 21.0. The Morgan fingerprint density at radius 2 is 1.59 bits per heavy atom. The molecule has 0 saturated carbocycles. The molecular weight excluding hydrogens is 362 g/mol. The maximum atomic E-state index is 12.7. The maximum Gasteiger partial charge on any atom is 0.261 e. The Hall–Kier alpha value is -2.34. The summed E-state index contributed by atoms with van der Waals surface area (Å²) in [6, 6.07) is 14.0. The van der Waals surface area contributed by atoms with Gasteiger partial charge in [0.2, 0.25) is 0 Å². The van der Waals surface area contributed by atoms with Gasteiger partial charge in [0, 0.05) is 6.26 Å². The summed E-state index contributed by atoms with van der Waals surface area (Å²) in [5.41, 5.74) is 1.99. The summed E-state index contributed by atoms with van der Waals surface area (Å²) < 4.78 is 29.0. The zero-order chi connectivity index (χ0) is 20.0. The summed E-state index contributed by atoms with van der Waals surface area (Å²) in [6.07, 6.45) is 1.82. The van der Waals surface area contributed by atoms with Gasteiger partial charge in [-0.2, -0.15) is 0 Å². The van der Waals surface area contributed by atoms with E-state index in [0.29, 0.717) is 18.6 Å². The molecule has 5 nitrogen and oxygen atoms in total. The second-order valence-corrected chi connectivity index (χ2v) is 8.65. The lowest BCUT2D eigenvalue weighted by Gasteiger charge is -2.22. The van der Waals surface area contributed by atoms with E-state index in [2.05, 4.69) is 5.32 Å². The number of hydrogen-bond acceptors (Lipinski definition) is 4. The van der Waals surface area contributed by atoms with Gasteiger partial charge in [0.25, 0.3) is 5.91 Å². The first-order valence-corrected chi connectivity index (χ1v) is 11.0. The fourth-order valence-electron chi connectivity index (χ4n) is 2.74. The largest absolute Gasteiger partial charge is 0.481 e. The first-order valence-electron chi connectivity index (χ1n) is 9.08. The molecule has 0 radical (unpaired) electrons. The van der Waals surface area contributed by atoms with Crippen LogP contribution in [-0.2, 0) is 14.6 Å². The average Bonchev–Trinajstić information content (AvgIpc) is 2.64. The molecule has 0 unspecified atom stereocenters. The quantitative estimate of drug-likeness (QED) is 0.745. The number of rotatable bonds is 8. The molecule has 0 aromatic heterocycles. The highest BCUT2D eigenvalue weighted by atomic mass is 32.2. The summed E-state index contributed by atoms with van der Waals surface area (Å²) in [4.78, 5) is 12.9. The fraction of sp³-hybridized carbons (Fsp3) is 0.381.